The molecule has 0 spiro atoms. The third-order valence-corrected chi connectivity index (χ3v) is 9.51. The van der Waals surface area contributed by atoms with Crippen LogP contribution in [0.25, 0.3) is 0 Å². The number of nitro groups is 1. The summed E-state index contributed by atoms with van der Waals surface area (Å²) in [5, 5.41) is 15.5. The molecule has 0 aromatic carbocycles. The Labute approximate surface area is 142 Å². The van der Waals surface area contributed by atoms with Gasteiger partial charge in [-0.1, -0.05) is 0 Å². The summed E-state index contributed by atoms with van der Waals surface area (Å²) < 4.78 is 9.60. The molecular weight excluding hydrogens is 329 g/mol. The van der Waals surface area contributed by atoms with Gasteiger partial charge in [-0.3, -0.25) is 0 Å². The van der Waals surface area contributed by atoms with Gasteiger partial charge in [0.1, 0.15) is 0 Å². The third kappa shape index (κ3) is 2.54. The lowest BCUT2D eigenvalue weighted by Gasteiger charge is -2.40. The summed E-state index contributed by atoms with van der Waals surface area (Å²) in [6.07, 6.45) is 8.78. The molecule has 0 unspecified atom stereocenters. The minimum atomic E-state index is -2.07. The highest BCUT2D eigenvalue weighted by Gasteiger charge is 2.63. The van der Waals surface area contributed by atoms with Crippen LogP contribution < -0.4 is 0 Å². The lowest BCUT2D eigenvalue weighted by Crippen LogP contribution is -2.46. The van der Waals surface area contributed by atoms with Gasteiger partial charge in [-0.25, -0.2) is 0 Å². The fraction of sp³-hybridized carbons (Fsp3) is 0.857. The predicted molar refractivity (Wildman–Crippen MR) is 91.4 cm³/mol. The van der Waals surface area contributed by atoms with E-state index in [-0.39, 0.29) is 5.95 Å². The fourth-order valence-electron chi connectivity index (χ4n) is 4.29. The zero-order valence-corrected chi connectivity index (χ0v) is 14.9. The lowest BCUT2D eigenvalue weighted by molar-refractivity contribution is -0.394. The minimum Gasteiger partial charge on any atom is -0.390 e. The fourth-order valence-corrected chi connectivity index (χ4v) is 8.99. The summed E-state index contributed by atoms with van der Waals surface area (Å²) in [7, 11) is -2.07. The van der Waals surface area contributed by atoms with Crippen molar-refractivity contribution in [2.45, 2.75) is 38.5 Å². The Hall–Kier alpha value is -1.15. The SMILES string of the molecule is O=[N+]([O-])c1ncn([P+](N2CCCC2)(N2CCCC2)N2CCCC2)n1. The van der Waals surface area contributed by atoms with E-state index < -0.39 is 12.8 Å². The Balaban J connectivity index is 1.82. The molecule has 0 radical (unpaired) electrons. The molecule has 4 rings (SSSR count). The second-order valence-electron chi connectivity index (χ2n) is 6.74. The van der Waals surface area contributed by atoms with Crippen molar-refractivity contribution in [1.29, 1.82) is 0 Å². The van der Waals surface area contributed by atoms with Gasteiger partial charge >= 0.3 is 13.8 Å². The largest absolute Gasteiger partial charge is 0.494 e. The summed E-state index contributed by atoms with van der Waals surface area (Å²) in [5.74, 6) is -0.281. The minimum absolute atomic E-state index is 0.281. The molecule has 1 aromatic rings. The van der Waals surface area contributed by atoms with Crippen molar-refractivity contribution in [3.8, 4) is 0 Å². The van der Waals surface area contributed by atoms with Crippen molar-refractivity contribution in [2.75, 3.05) is 39.3 Å². The Morgan fingerprint density at radius 1 is 0.875 bits per heavy atom. The average Bonchev–Trinajstić information content (AvgIpc) is 3.38. The molecule has 0 saturated carbocycles. The molecule has 3 aliphatic heterocycles. The molecule has 3 saturated heterocycles. The van der Waals surface area contributed by atoms with Crippen molar-refractivity contribution in [3.05, 3.63) is 16.4 Å². The van der Waals surface area contributed by atoms with Crippen LogP contribution in [-0.4, -0.2) is 72.7 Å². The van der Waals surface area contributed by atoms with Gasteiger partial charge in [-0.2, -0.15) is 0 Å². The van der Waals surface area contributed by atoms with Gasteiger partial charge in [0.05, 0.1) is 5.10 Å². The van der Waals surface area contributed by atoms with Crippen LogP contribution in [0.4, 0.5) is 5.95 Å². The molecule has 24 heavy (non-hydrogen) atoms. The molecule has 9 nitrogen and oxygen atoms in total. The van der Waals surface area contributed by atoms with E-state index in [2.05, 4.69) is 24.1 Å². The van der Waals surface area contributed by atoms with E-state index in [1.807, 2.05) is 4.45 Å². The highest BCUT2D eigenvalue weighted by molar-refractivity contribution is 7.67. The van der Waals surface area contributed by atoms with Crippen LogP contribution in [0.3, 0.4) is 0 Å². The first-order valence-corrected chi connectivity index (χ1v) is 10.5. The monoisotopic (exact) mass is 354 g/mol. The van der Waals surface area contributed by atoms with Crippen LogP contribution in [0.5, 0.6) is 0 Å². The molecule has 0 N–H and O–H groups in total. The Kier molecular flexibility index (Phi) is 4.51. The van der Waals surface area contributed by atoms with Gasteiger partial charge in [0, 0.05) is 43.7 Å². The number of hydrogen-bond acceptors (Lipinski definition) is 7. The van der Waals surface area contributed by atoms with Gasteiger partial charge in [-0.15, -0.1) is 14.0 Å². The van der Waals surface area contributed by atoms with Crippen LogP contribution in [0.2, 0.25) is 0 Å². The van der Waals surface area contributed by atoms with Gasteiger partial charge in [-0.05, 0) is 48.4 Å². The van der Waals surface area contributed by atoms with Crippen molar-refractivity contribution in [1.82, 2.24) is 28.5 Å². The van der Waals surface area contributed by atoms with Gasteiger partial charge in [0.15, 0.2) is 0 Å². The maximum atomic E-state index is 11.1. The van der Waals surface area contributed by atoms with Crippen molar-refractivity contribution in [2.24, 2.45) is 0 Å². The molecule has 132 valence electrons. The van der Waals surface area contributed by atoms with Crippen LogP contribution in [0.15, 0.2) is 6.33 Å². The van der Waals surface area contributed by atoms with Crippen LogP contribution >= 0.6 is 7.87 Å². The molecular formula is C14H25N7O2P+. The van der Waals surface area contributed by atoms with Crippen LogP contribution in [0.1, 0.15) is 38.5 Å². The Bertz CT molecular complexity index is 551. The summed E-state index contributed by atoms with van der Waals surface area (Å²) in [4.78, 5) is 14.7. The topological polar surface area (TPSA) is 83.6 Å². The summed E-state index contributed by atoms with van der Waals surface area (Å²) in [6.45, 7) is 6.30. The number of hydrogen-bond donors (Lipinski definition) is 0. The highest BCUT2D eigenvalue weighted by Crippen LogP contribution is 2.70. The Morgan fingerprint density at radius 2 is 1.29 bits per heavy atom. The van der Waals surface area contributed by atoms with Crippen molar-refractivity contribution < 1.29 is 4.92 Å². The normalized spacial score (nSPS) is 24.2. The average molecular weight is 354 g/mol. The van der Waals surface area contributed by atoms with E-state index in [1.165, 1.54) is 38.5 Å². The van der Waals surface area contributed by atoms with E-state index in [0.29, 0.717) is 0 Å². The van der Waals surface area contributed by atoms with E-state index in [0.717, 1.165) is 39.3 Å². The van der Waals surface area contributed by atoms with Gasteiger partial charge in [0.2, 0.25) is 0 Å². The summed E-state index contributed by atoms with van der Waals surface area (Å²) in [5.41, 5.74) is 0. The third-order valence-electron chi connectivity index (χ3n) is 5.29. The zero-order chi connectivity index (χ0) is 16.6. The highest BCUT2D eigenvalue weighted by atomic mass is 31.2. The molecule has 1 aromatic heterocycles. The lowest BCUT2D eigenvalue weighted by atomic mass is 10.4. The smallest absolute Gasteiger partial charge is 0.390 e. The molecule has 10 heteroatoms. The molecule has 0 aliphatic carbocycles. The first kappa shape index (κ1) is 16.3. The molecule has 3 aliphatic rings. The number of rotatable bonds is 5. The maximum Gasteiger partial charge on any atom is 0.494 e. The zero-order valence-electron chi connectivity index (χ0n) is 14.0. The van der Waals surface area contributed by atoms with E-state index >= 15 is 0 Å². The van der Waals surface area contributed by atoms with E-state index in [1.54, 1.807) is 6.33 Å². The molecule has 3 fully saturated rings. The first-order valence-electron chi connectivity index (χ1n) is 8.95. The van der Waals surface area contributed by atoms with Crippen LogP contribution in [0, 0.1) is 10.1 Å². The molecule has 0 amide bonds. The summed E-state index contributed by atoms with van der Waals surface area (Å²) >= 11 is 0. The second-order valence-corrected chi connectivity index (χ2v) is 9.92. The van der Waals surface area contributed by atoms with Gasteiger partial charge < -0.3 is 10.1 Å². The molecule has 0 bridgehead atoms. The second kappa shape index (κ2) is 6.63. The quantitative estimate of drug-likeness (QED) is 0.454. The van der Waals surface area contributed by atoms with Crippen molar-refractivity contribution in [3.63, 3.8) is 0 Å². The summed E-state index contributed by atoms with van der Waals surface area (Å²) in [6, 6.07) is 0. The van der Waals surface area contributed by atoms with E-state index in [9.17, 15) is 10.1 Å². The number of nitrogens with zero attached hydrogens (tertiary/aromatic N) is 7. The Morgan fingerprint density at radius 3 is 1.62 bits per heavy atom. The maximum absolute atomic E-state index is 11.1. The first-order chi connectivity index (χ1) is 11.7. The van der Waals surface area contributed by atoms with Crippen molar-refractivity contribution >= 4 is 13.8 Å². The van der Waals surface area contributed by atoms with Crippen LogP contribution in [-0.2, 0) is 0 Å². The molecule has 0 atom stereocenters. The van der Waals surface area contributed by atoms with Gasteiger partial charge in [0.25, 0.3) is 6.33 Å². The predicted octanol–water partition coefficient (Wildman–Crippen LogP) is 2.00. The van der Waals surface area contributed by atoms with E-state index in [4.69, 9.17) is 0 Å². The molecule has 4 heterocycles. The number of aromatic nitrogens is 3. The standard InChI is InChI=1S/C14H25N7O2P/c22-21(23)14-15-13-20(16-14)24(17-7-1-2-8-17,18-9-3-4-10-18)19-11-5-6-12-19/h13H,1-12H2/q+1.